The third-order valence-electron chi connectivity index (χ3n) is 5.77. The number of amides is 1. The highest BCUT2D eigenvalue weighted by Crippen LogP contribution is 2.38. The fourth-order valence-electron chi connectivity index (χ4n) is 4.28. The Labute approximate surface area is 183 Å². The minimum absolute atomic E-state index is 0.0795. The van der Waals surface area contributed by atoms with Gasteiger partial charge in [0, 0.05) is 6.04 Å². The molecule has 2 unspecified atom stereocenters. The molecule has 32 heavy (non-hydrogen) atoms. The Morgan fingerprint density at radius 2 is 1.88 bits per heavy atom. The molecule has 0 spiro atoms. The number of alkyl halides is 4. The summed E-state index contributed by atoms with van der Waals surface area (Å²) in [6, 6.07) is 14.9. The van der Waals surface area contributed by atoms with Gasteiger partial charge in [-0.2, -0.15) is 17.6 Å². The van der Waals surface area contributed by atoms with Crippen molar-refractivity contribution in [2.75, 3.05) is 0 Å². The summed E-state index contributed by atoms with van der Waals surface area (Å²) in [6.45, 7) is 0.184. The number of hydrogen-bond acceptors (Lipinski definition) is 3. The van der Waals surface area contributed by atoms with Crippen molar-refractivity contribution in [2.45, 2.75) is 56.9 Å². The number of halogens is 4. The van der Waals surface area contributed by atoms with Gasteiger partial charge in [-0.05, 0) is 54.5 Å². The number of nitrogens with zero attached hydrogens (tertiary/aromatic N) is 1. The number of fused-ring (bicyclic) bond motifs is 2. The van der Waals surface area contributed by atoms with Crippen LogP contribution < -0.4 is 4.74 Å². The first-order valence-corrected chi connectivity index (χ1v) is 10.5. The quantitative estimate of drug-likeness (QED) is 0.488. The van der Waals surface area contributed by atoms with Crippen LogP contribution in [0.4, 0.5) is 22.4 Å². The normalized spacial score (nSPS) is 20.7. The average molecular weight is 449 g/mol. The Balaban J connectivity index is 1.49. The fourth-order valence-corrected chi connectivity index (χ4v) is 4.28. The molecule has 4 nitrogen and oxygen atoms in total. The highest BCUT2D eigenvalue weighted by molar-refractivity contribution is 5.75. The summed E-state index contributed by atoms with van der Waals surface area (Å²) in [4.78, 5) is 14.6. The monoisotopic (exact) mass is 449 g/mol. The SMILES string of the molecule is O=C(OCc1ccccc1)N1C2C=C(c3cccc(OC(F)(F)C(F)F)c3)CC1CCC2. The van der Waals surface area contributed by atoms with E-state index >= 15 is 0 Å². The van der Waals surface area contributed by atoms with Crippen LogP contribution in [0.1, 0.15) is 36.8 Å². The zero-order valence-corrected chi connectivity index (χ0v) is 17.2. The largest absolute Gasteiger partial charge is 0.461 e. The van der Waals surface area contributed by atoms with E-state index in [1.54, 1.807) is 11.0 Å². The van der Waals surface area contributed by atoms with Gasteiger partial charge in [0.25, 0.3) is 0 Å². The fraction of sp³-hybridized carbons (Fsp3) is 0.375. The minimum Gasteiger partial charge on any atom is -0.445 e. The van der Waals surface area contributed by atoms with Gasteiger partial charge in [0.15, 0.2) is 0 Å². The maximum Gasteiger partial charge on any atom is 0.461 e. The molecule has 1 saturated heterocycles. The van der Waals surface area contributed by atoms with Gasteiger partial charge in [-0.25, -0.2) is 4.79 Å². The second-order valence-electron chi connectivity index (χ2n) is 7.99. The predicted molar refractivity (Wildman–Crippen MR) is 111 cm³/mol. The van der Waals surface area contributed by atoms with Gasteiger partial charge in [-0.1, -0.05) is 48.5 Å². The lowest BCUT2D eigenvalue weighted by molar-refractivity contribution is -0.253. The number of carbonyl (C=O) groups is 1. The first kappa shape index (κ1) is 22.2. The molecule has 0 N–H and O–H groups in total. The van der Waals surface area contributed by atoms with Gasteiger partial charge in [-0.3, -0.25) is 4.90 Å². The topological polar surface area (TPSA) is 38.8 Å². The molecular weight excluding hydrogens is 426 g/mol. The minimum atomic E-state index is -4.56. The number of rotatable bonds is 6. The van der Waals surface area contributed by atoms with E-state index in [-0.39, 0.29) is 30.5 Å². The molecule has 1 fully saturated rings. The summed E-state index contributed by atoms with van der Waals surface area (Å²) in [5, 5.41) is 0. The molecule has 1 amide bonds. The number of carbonyl (C=O) groups excluding carboxylic acids is 1. The van der Waals surface area contributed by atoms with Gasteiger partial charge in [0.2, 0.25) is 0 Å². The van der Waals surface area contributed by atoms with Gasteiger partial charge in [0.05, 0.1) is 6.04 Å². The molecule has 2 aromatic rings. The molecule has 2 aromatic carbocycles. The Bertz CT molecular complexity index is 980. The zero-order valence-electron chi connectivity index (χ0n) is 17.2. The standard InChI is InChI=1S/C24H23F4NO3/c25-22(26)24(27,28)32-21-11-4-8-17(14-21)18-12-19-9-5-10-20(13-18)29(19)23(30)31-15-16-6-2-1-3-7-16/h1-4,6-8,11-12,14,19-20,22H,5,9-10,13,15H2. The van der Waals surface area contributed by atoms with Crippen LogP contribution >= 0.6 is 0 Å². The van der Waals surface area contributed by atoms with Crippen molar-refractivity contribution < 1.29 is 31.8 Å². The van der Waals surface area contributed by atoms with E-state index in [1.165, 1.54) is 18.2 Å². The molecule has 170 valence electrons. The third-order valence-corrected chi connectivity index (χ3v) is 5.77. The Morgan fingerprint density at radius 3 is 2.59 bits per heavy atom. The van der Waals surface area contributed by atoms with Crippen molar-refractivity contribution in [3.8, 4) is 5.75 Å². The van der Waals surface area contributed by atoms with Gasteiger partial charge in [0.1, 0.15) is 12.4 Å². The van der Waals surface area contributed by atoms with Crippen LogP contribution in [0.3, 0.4) is 0 Å². The van der Waals surface area contributed by atoms with Crippen LogP contribution in [0.5, 0.6) is 5.75 Å². The van der Waals surface area contributed by atoms with Crippen molar-refractivity contribution in [3.05, 3.63) is 71.8 Å². The first-order chi connectivity index (χ1) is 15.3. The molecule has 0 aliphatic carbocycles. The number of ether oxygens (including phenoxy) is 2. The van der Waals surface area contributed by atoms with E-state index in [0.29, 0.717) is 12.0 Å². The van der Waals surface area contributed by atoms with Crippen LogP contribution in [0.25, 0.3) is 5.57 Å². The van der Waals surface area contributed by atoms with Crippen LogP contribution in [-0.2, 0) is 11.3 Å². The van der Waals surface area contributed by atoms with Gasteiger partial charge >= 0.3 is 18.6 Å². The molecule has 8 heteroatoms. The molecule has 2 aliphatic heterocycles. The van der Waals surface area contributed by atoms with E-state index in [9.17, 15) is 22.4 Å². The molecule has 4 rings (SSSR count). The molecule has 2 atom stereocenters. The van der Waals surface area contributed by atoms with E-state index < -0.39 is 12.5 Å². The molecule has 0 saturated carbocycles. The lowest BCUT2D eigenvalue weighted by atomic mass is 9.83. The Morgan fingerprint density at radius 1 is 1.09 bits per heavy atom. The summed E-state index contributed by atoms with van der Waals surface area (Å²) in [5.74, 6) is -0.330. The maximum atomic E-state index is 13.3. The van der Waals surface area contributed by atoms with Crippen LogP contribution in [0.15, 0.2) is 60.7 Å². The predicted octanol–water partition coefficient (Wildman–Crippen LogP) is 6.27. The van der Waals surface area contributed by atoms with Crippen molar-refractivity contribution in [2.24, 2.45) is 0 Å². The lowest BCUT2D eigenvalue weighted by Crippen LogP contribution is -2.51. The summed E-state index contributed by atoms with van der Waals surface area (Å²) in [7, 11) is 0. The molecule has 2 aliphatic rings. The molecule has 0 aromatic heterocycles. The second-order valence-corrected chi connectivity index (χ2v) is 7.99. The van der Waals surface area contributed by atoms with Crippen molar-refractivity contribution in [1.29, 1.82) is 0 Å². The maximum absolute atomic E-state index is 13.3. The van der Waals surface area contributed by atoms with Crippen molar-refractivity contribution >= 4 is 11.7 Å². The number of hydrogen-bond donors (Lipinski definition) is 0. The van der Waals surface area contributed by atoms with E-state index in [2.05, 4.69) is 4.74 Å². The summed E-state index contributed by atoms with van der Waals surface area (Å²) in [5.41, 5.74) is 2.39. The summed E-state index contributed by atoms with van der Waals surface area (Å²) < 4.78 is 61.2. The first-order valence-electron chi connectivity index (χ1n) is 10.5. The Hall–Kier alpha value is -3.03. The molecule has 2 heterocycles. The van der Waals surface area contributed by atoms with Crippen molar-refractivity contribution in [3.63, 3.8) is 0 Å². The third kappa shape index (κ3) is 4.89. The smallest absolute Gasteiger partial charge is 0.445 e. The van der Waals surface area contributed by atoms with Gasteiger partial charge < -0.3 is 9.47 Å². The van der Waals surface area contributed by atoms with E-state index in [1.807, 2.05) is 36.4 Å². The highest BCUT2D eigenvalue weighted by atomic mass is 19.3. The van der Waals surface area contributed by atoms with Crippen molar-refractivity contribution in [1.82, 2.24) is 4.90 Å². The second kappa shape index (κ2) is 9.22. The van der Waals surface area contributed by atoms with Crippen LogP contribution in [0, 0.1) is 0 Å². The number of piperidine rings is 1. The molecule has 2 bridgehead atoms. The van der Waals surface area contributed by atoms with E-state index in [4.69, 9.17) is 4.74 Å². The lowest BCUT2D eigenvalue weighted by Gasteiger charge is -2.44. The highest BCUT2D eigenvalue weighted by Gasteiger charge is 2.44. The van der Waals surface area contributed by atoms with Crippen LogP contribution in [0.2, 0.25) is 0 Å². The average Bonchev–Trinajstić information content (AvgIpc) is 2.77. The molecule has 0 radical (unpaired) electrons. The van der Waals surface area contributed by atoms with E-state index in [0.717, 1.165) is 30.4 Å². The Kier molecular flexibility index (Phi) is 6.39. The zero-order chi connectivity index (χ0) is 22.7. The summed E-state index contributed by atoms with van der Waals surface area (Å²) in [6.07, 6.45) is -3.88. The number of benzene rings is 2. The molecular formula is C24H23F4NO3. The van der Waals surface area contributed by atoms with Crippen LogP contribution in [-0.4, -0.2) is 35.6 Å². The van der Waals surface area contributed by atoms with Gasteiger partial charge in [-0.15, -0.1) is 0 Å². The summed E-state index contributed by atoms with van der Waals surface area (Å²) >= 11 is 0.